The van der Waals surface area contributed by atoms with Crippen LogP contribution in [0, 0.1) is 23.1 Å². The van der Waals surface area contributed by atoms with Gasteiger partial charge in [0.15, 0.2) is 0 Å². The fourth-order valence-corrected chi connectivity index (χ4v) is 2.30. The molecule has 1 heterocycles. The molecule has 1 atom stereocenters. The Labute approximate surface area is 122 Å². The molecule has 6 heteroatoms. The van der Waals surface area contributed by atoms with Gasteiger partial charge in [0, 0.05) is 26.2 Å². The predicted octanol–water partition coefficient (Wildman–Crippen LogP) is 1.66. The van der Waals surface area contributed by atoms with Crippen LogP contribution in [0.3, 0.4) is 0 Å². The first kappa shape index (κ1) is 15.1. The van der Waals surface area contributed by atoms with Gasteiger partial charge in [0.05, 0.1) is 23.0 Å². The molecule has 0 aliphatic carbocycles. The highest BCUT2D eigenvalue weighted by Crippen LogP contribution is 2.12. The molecule has 0 amide bonds. The Morgan fingerprint density at radius 2 is 2.24 bits per heavy atom. The van der Waals surface area contributed by atoms with Gasteiger partial charge in [-0.05, 0) is 26.1 Å². The van der Waals surface area contributed by atoms with E-state index in [1.165, 1.54) is 16.7 Å². The summed E-state index contributed by atoms with van der Waals surface area (Å²) in [6.07, 6.45) is 0. The van der Waals surface area contributed by atoms with E-state index in [1.54, 1.807) is 13.1 Å². The summed E-state index contributed by atoms with van der Waals surface area (Å²) < 4.78 is 14.8. The standard InChI is InChI=1S/C15H17FN4O/c1-10(7-17)8-19(2)9-13-15(21)20(3)14-5-4-11(16)6-12(14)18-13/h4-6,10H,8-9H2,1-3H3. The van der Waals surface area contributed by atoms with Crippen molar-refractivity contribution in [3.8, 4) is 6.07 Å². The van der Waals surface area contributed by atoms with Gasteiger partial charge in [0.2, 0.25) is 0 Å². The van der Waals surface area contributed by atoms with Gasteiger partial charge in [-0.1, -0.05) is 0 Å². The van der Waals surface area contributed by atoms with Gasteiger partial charge in [-0.2, -0.15) is 5.26 Å². The number of fused-ring (bicyclic) bond motifs is 1. The Balaban J connectivity index is 2.38. The number of benzene rings is 1. The zero-order valence-electron chi connectivity index (χ0n) is 12.3. The second-order valence-corrected chi connectivity index (χ2v) is 5.28. The summed E-state index contributed by atoms with van der Waals surface area (Å²) in [6, 6.07) is 6.32. The summed E-state index contributed by atoms with van der Waals surface area (Å²) in [5, 5.41) is 8.82. The molecule has 1 unspecified atom stereocenters. The normalized spacial score (nSPS) is 12.6. The van der Waals surface area contributed by atoms with E-state index < -0.39 is 0 Å². The summed E-state index contributed by atoms with van der Waals surface area (Å²) in [5.41, 5.74) is 1.20. The van der Waals surface area contributed by atoms with Crippen LogP contribution in [0.2, 0.25) is 0 Å². The highest BCUT2D eigenvalue weighted by molar-refractivity contribution is 5.74. The fraction of sp³-hybridized carbons (Fsp3) is 0.400. The van der Waals surface area contributed by atoms with Crippen molar-refractivity contribution in [1.29, 1.82) is 5.26 Å². The molecule has 0 radical (unpaired) electrons. The highest BCUT2D eigenvalue weighted by atomic mass is 19.1. The van der Waals surface area contributed by atoms with Crippen LogP contribution in [0.15, 0.2) is 23.0 Å². The van der Waals surface area contributed by atoms with Crippen LogP contribution >= 0.6 is 0 Å². The number of nitrogens with zero attached hydrogens (tertiary/aromatic N) is 4. The molecule has 0 aliphatic heterocycles. The van der Waals surface area contributed by atoms with Crippen LogP contribution in [-0.4, -0.2) is 28.0 Å². The van der Waals surface area contributed by atoms with Crippen molar-refractivity contribution in [2.45, 2.75) is 13.5 Å². The summed E-state index contributed by atoms with van der Waals surface area (Å²) in [4.78, 5) is 18.4. The lowest BCUT2D eigenvalue weighted by atomic mass is 10.2. The number of aromatic nitrogens is 2. The number of halogens is 1. The van der Waals surface area contributed by atoms with E-state index >= 15 is 0 Å². The lowest BCUT2D eigenvalue weighted by molar-refractivity contribution is 0.298. The number of aryl methyl sites for hydroxylation is 1. The molecule has 0 N–H and O–H groups in total. The Hall–Kier alpha value is -2.26. The van der Waals surface area contributed by atoms with Gasteiger partial charge >= 0.3 is 0 Å². The molecule has 1 aromatic carbocycles. The molecule has 2 rings (SSSR count). The molecule has 0 saturated heterocycles. The summed E-state index contributed by atoms with van der Waals surface area (Å²) in [5.74, 6) is -0.511. The molecule has 110 valence electrons. The molecule has 0 bridgehead atoms. The molecule has 0 fully saturated rings. The minimum atomic E-state index is -0.383. The SMILES string of the molecule is CC(C#N)CN(C)Cc1nc2cc(F)ccc2n(C)c1=O. The predicted molar refractivity (Wildman–Crippen MR) is 78.1 cm³/mol. The minimum Gasteiger partial charge on any atom is -0.308 e. The maximum Gasteiger partial charge on any atom is 0.273 e. The van der Waals surface area contributed by atoms with Crippen molar-refractivity contribution >= 4 is 11.0 Å². The van der Waals surface area contributed by atoms with Gasteiger partial charge in [-0.25, -0.2) is 9.37 Å². The van der Waals surface area contributed by atoms with Gasteiger partial charge in [-0.3, -0.25) is 9.69 Å². The van der Waals surface area contributed by atoms with Crippen molar-refractivity contribution in [3.63, 3.8) is 0 Å². The third-order valence-electron chi connectivity index (χ3n) is 3.33. The molecular weight excluding hydrogens is 271 g/mol. The van der Waals surface area contributed by atoms with Gasteiger partial charge in [-0.15, -0.1) is 0 Å². The van der Waals surface area contributed by atoms with Gasteiger partial charge in [0.25, 0.3) is 5.56 Å². The second kappa shape index (κ2) is 6.02. The smallest absolute Gasteiger partial charge is 0.273 e. The zero-order chi connectivity index (χ0) is 15.6. The molecule has 0 saturated carbocycles. The van der Waals surface area contributed by atoms with Gasteiger partial charge in [0.1, 0.15) is 11.5 Å². The number of hydrogen-bond donors (Lipinski definition) is 0. The zero-order valence-corrected chi connectivity index (χ0v) is 12.3. The van der Waals surface area contributed by atoms with Crippen LogP contribution in [0.4, 0.5) is 4.39 Å². The lowest BCUT2D eigenvalue weighted by Crippen LogP contribution is -2.30. The molecule has 5 nitrogen and oxygen atoms in total. The lowest BCUT2D eigenvalue weighted by Gasteiger charge is -2.17. The van der Waals surface area contributed by atoms with Crippen LogP contribution < -0.4 is 5.56 Å². The molecule has 0 aliphatic rings. The molecule has 2 aromatic rings. The Morgan fingerprint density at radius 1 is 1.52 bits per heavy atom. The second-order valence-electron chi connectivity index (χ2n) is 5.28. The Morgan fingerprint density at radius 3 is 2.90 bits per heavy atom. The van der Waals surface area contributed by atoms with E-state index in [4.69, 9.17) is 5.26 Å². The first-order valence-electron chi connectivity index (χ1n) is 6.65. The van der Waals surface area contributed by atoms with Crippen LogP contribution in [0.1, 0.15) is 12.6 Å². The quantitative estimate of drug-likeness (QED) is 0.858. The minimum absolute atomic E-state index is 0.128. The van der Waals surface area contributed by atoms with E-state index in [1.807, 2.05) is 18.9 Å². The largest absolute Gasteiger partial charge is 0.308 e. The van der Waals surface area contributed by atoms with Crippen LogP contribution in [0.25, 0.3) is 11.0 Å². The number of rotatable bonds is 4. The van der Waals surface area contributed by atoms with Gasteiger partial charge < -0.3 is 4.57 Å². The molecular formula is C15H17FN4O. The Bertz CT molecular complexity index is 763. The third-order valence-corrected chi connectivity index (χ3v) is 3.33. The average Bonchev–Trinajstić information content (AvgIpc) is 2.44. The Kier molecular flexibility index (Phi) is 4.34. The first-order valence-corrected chi connectivity index (χ1v) is 6.65. The highest BCUT2D eigenvalue weighted by Gasteiger charge is 2.13. The van der Waals surface area contributed by atoms with E-state index in [0.29, 0.717) is 29.8 Å². The van der Waals surface area contributed by atoms with E-state index in [2.05, 4.69) is 11.1 Å². The molecule has 0 spiro atoms. The third kappa shape index (κ3) is 3.26. The van der Waals surface area contributed by atoms with Crippen molar-refractivity contribution < 1.29 is 4.39 Å². The van der Waals surface area contributed by atoms with Crippen molar-refractivity contribution in [2.75, 3.05) is 13.6 Å². The summed E-state index contributed by atoms with van der Waals surface area (Å²) >= 11 is 0. The van der Waals surface area contributed by atoms with Crippen LogP contribution in [-0.2, 0) is 13.6 Å². The fourth-order valence-electron chi connectivity index (χ4n) is 2.30. The van der Waals surface area contributed by atoms with Crippen molar-refractivity contribution in [3.05, 3.63) is 40.1 Å². The van der Waals surface area contributed by atoms with E-state index in [-0.39, 0.29) is 17.3 Å². The monoisotopic (exact) mass is 288 g/mol. The maximum atomic E-state index is 13.3. The summed E-state index contributed by atoms with van der Waals surface area (Å²) in [7, 11) is 3.47. The first-order chi connectivity index (χ1) is 9.92. The van der Waals surface area contributed by atoms with E-state index in [9.17, 15) is 9.18 Å². The average molecular weight is 288 g/mol. The van der Waals surface area contributed by atoms with E-state index in [0.717, 1.165) is 0 Å². The van der Waals surface area contributed by atoms with Crippen molar-refractivity contribution in [2.24, 2.45) is 13.0 Å². The van der Waals surface area contributed by atoms with Crippen LogP contribution in [0.5, 0.6) is 0 Å². The summed E-state index contributed by atoms with van der Waals surface area (Å²) in [6.45, 7) is 2.69. The molecule has 21 heavy (non-hydrogen) atoms. The molecule has 1 aromatic heterocycles. The number of nitriles is 1. The topological polar surface area (TPSA) is 61.9 Å². The number of hydrogen-bond acceptors (Lipinski definition) is 4. The maximum absolute atomic E-state index is 13.3. The van der Waals surface area contributed by atoms with Crippen molar-refractivity contribution in [1.82, 2.24) is 14.5 Å².